The van der Waals surface area contributed by atoms with Crippen LogP contribution in [0.1, 0.15) is 1.43 Å². The van der Waals surface area contributed by atoms with Gasteiger partial charge in [0.15, 0.2) is 0 Å². The Morgan fingerprint density at radius 2 is 1.70 bits per heavy atom. The third-order valence-electron chi connectivity index (χ3n) is 0.854. The van der Waals surface area contributed by atoms with Gasteiger partial charge >= 0.3 is 29.6 Å². The molecule has 0 bridgehead atoms. The fraction of sp³-hybridized carbons (Fsp3) is 0. The first-order chi connectivity index (χ1) is 4.22. The average molecular weight is 204 g/mol. The van der Waals surface area contributed by atoms with Crippen LogP contribution in [-0.2, 0) is 0 Å². The molecule has 0 radical (unpaired) electrons. The number of hydrogen-bond donors (Lipinski definition) is 1. The van der Waals surface area contributed by atoms with Crippen molar-refractivity contribution in [2.75, 3.05) is 0 Å². The number of aromatic nitrogens is 1. The molecule has 1 N–H and O–H groups in total. The van der Waals surface area contributed by atoms with E-state index in [1.165, 1.54) is 0 Å². The molecule has 0 spiro atoms. The minimum absolute atomic E-state index is 0. The zero-order valence-electron chi connectivity index (χ0n) is 6.32. The number of nitrogens with one attached hydrogen (secondary N) is 1. The number of pyridine rings is 1. The average Bonchev–Trinajstić information content (AvgIpc) is 1.83. The molecular formula is C5H4Cl2NNaS. The van der Waals surface area contributed by atoms with Crippen molar-refractivity contribution in [2.24, 2.45) is 0 Å². The molecule has 0 fully saturated rings. The number of rotatable bonds is 0. The minimum atomic E-state index is 0. The van der Waals surface area contributed by atoms with Crippen molar-refractivity contribution in [3.8, 4) is 0 Å². The number of aromatic amines is 1. The second-order valence-electron chi connectivity index (χ2n) is 1.48. The summed E-state index contributed by atoms with van der Waals surface area (Å²) in [5.74, 6) is 0. The molecule has 0 aliphatic heterocycles. The fourth-order valence-corrected chi connectivity index (χ4v) is 0.929. The van der Waals surface area contributed by atoms with Gasteiger partial charge in [0.2, 0.25) is 0 Å². The molecule has 0 amide bonds. The Morgan fingerprint density at radius 3 is 2.00 bits per heavy atom. The van der Waals surface area contributed by atoms with E-state index in [1.807, 2.05) is 0 Å². The van der Waals surface area contributed by atoms with E-state index in [2.05, 4.69) is 4.98 Å². The summed E-state index contributed by atoms with van der Waals surface area (Å²) >= 11 is 16.0. The zero-order chi connectivity index (χ0) is 6.85. The molecule has 10 heavy (non-hydrogen) atoms. The fourth-order valence-electron chi connectivity index (χ4n) is 0.433. The predicted octanol–water partition coefficient (Wildman–Crippen LogP) is 0.167. The molecule has 1 aromatic rings. The monoisotopic (exact) mass is 203 g/mol. The molecule has 0 atom stereocenters. The van der Waals surface area contributed by atoms with Crippen LogP contribution in [-0.4, -0.2) is 4.98 Å². The quantitative estimate of drug-likeness (QED) is 0.470. The molecule has 0 aliphatic rings. The van der Waals surface area contributed by atoms with E-state index in [1.54, 1.807) is 12.4 Å². The van der Waals surface area contributed by atoms with Gasteiger partial charge in [-0.05, 0) is 0 Å². The van der Waals surface area contributed by atoms with Gasteiger partial charge in [0.05, 0.1) is 14.6 Å². The number of H-pyrrole nitrogens is 1. The Hall–Kier alpha value is 0.950. The smallest absolute Gasteiger partial charge is 1.00 e. The maximum atomic E-state index is 5.59. The number of hydrogen-bond acceptors (Lipinski definition) is 1. The summed E-state index contributed by atoms with van der Waals surface area (Å²) < 4.78 is 0.497. The van der Waals surface area contributed by atoms with E-state index < -0.39 is 0 Å². The van der Waals surface area contributed by atoms with Crippen molar-refractivity contribution >= 4 is 35.4 Å². The van der Waals surface area contributed by atoms with Crippen molar-refractivity contribution < 1.29 is 31.0 Å². The van der Waals surface area contributed by atoms with Gasteiger partial charge < -0.3 is 6.41 Å². The molecule has 1 heterocycles. The Labute approximate surface area is 97.5 Å². The Balaban J connectivity index is 0. The SMILES string of the molecule is S=c1c(Cl)c[nH]cc1Cl.[H-].[Na+]. The van der Waals surface area contributed by atoms with E-state index >= 15 is 0 Å². The van der Waals surface area contributed by atoms with Crippen LogP contribution in [0.2, 0.25) is 10.0 Å². The summed E-state index contributed by atoms with van der Waals surface area (Å²) in [7, 11) is 0. The van der Waals surface area contributed by atoms with E-state index in [9.17, 15) is 0 Å². The second-order valence-corrected chi connectivity index (χ2v) is 2.70. The van der Waals surface area contributed by atoms with E-state index in [-0.39, 0.29) is 31.0 Å². The Bertz CT molecular complexity index is 254. The first-order valence-corrected chi connectivity index (χ1v) is 3.40. The third-order valence-corrected chi connectivity index (χ3v) is 2.11. The molecule has 0 unspecified atom stereocenters. The van der Waals surface area contributed by atoms with Gasteiger partial charge in [-0.1, -0.05) is 35.4 Å². The van der Waals surface area contributed by atoms with Gasteiger partial charge in [-0.2, -0.15) is 0 Å². The summed E-state index contributed by atoms with van der Waals surface area (Å²) in [4.78, 5) is 2.74. The molecule has 0 aromatic carbocycles. The molecule has 1 nitrogen and oxygen atoms in total. The topological polar surface area (TPSA) is 15.8 Å². The van der Waals surface area contributed by atoms with Crippen molar-refractivity contribution in [3.05, 3.63) is 26.9 Å². The van der Waals surface area contributed by atoms with Gasteiger partial charge in [-0.3, -0.25) is 0 Å². The van der Waals surface area contributed by atoms with Gasteiger partial charge in [-0.15, -0.1) is 0 Å². The van der Waals surface area contributed by atoms with Gasteiger partial charge in [-0.25, -0.2) is 0 Å². The molecule has 0 saturated carbocycles. The molecule has 1 aromatic heterocycles. The van der Waals surface area contributed by atoms with Crippen molar-refractivity contribution in [2.45, 2.75) is 0 Å². The molecule has 0 saturated heterocycles. The van der Waals surface area contributed by atoms with Crippen molar-refractivity contribution in [1.82, 2.24) is 4.98 Å². The van der Waals surface area contributed by atoms with Crippen LogP contribution in [0.15, 0.2) is 12.4 Å². The minimum Gasteiger partial charge on any atom is -1.00 e. The molecule has 1 rings (SSSR count). The summed E-state index contributed by atoms with van der Waals surface area (Å²) in [6, 6.07) is 0. The molecule has 0 aliphatic carbocycles. The van der Waals surface area contributed by atoms with Crippen LogP contribution in [0.5, 0.6) is 0 Å². The van der Waals surface area contributed by atoms with Gasteiger partial charge in [0.25, 0.3) is 0 Å². The predicted molar refractivity (Wildman–Crippen MR) is 42.8 cm³/mol. The van der Waals surface area contributed by atoms with E-state index in [0.717, 1.165) is 0 Å². The Kier molecular flexibility index (Phi) is 5.20. The molecule has 50 valence electrons. The molecule has 5 heteroatoms. The van der Waals surface area contributed by atoms with Gasteiger partial charge in [0.1, 0.15) is 0 Å². The van der Waals surface area contributed by atoms with E-state index in [4.69, 9.17) is 35.4 Å². The Morgan fingerprint density at radius 1 is 1.30 bits per heavy atom. The second kappa shape index (κ2) is 4.75. The summed E-state index contributed by atoms with van der Waals surface area (Å²) in [6.07, 6.45) is 3.19. The van der Waals surface area contributed by atoms with Crippen LogP contribution in [0.4, 0.5) is 0 Å². The van der Waals surface area contributed by atoms with Crippen LogP contribution >= 0.6 is 35.4 Å². The number of halogens is 2. The first-order valence-electron chi connectivity index (χ1n) is 2.24. The summed E-state index contributed by atoms with van der Waals surface area (Å²) in [5, 5.41) is 0.968. The van der Waals surface area contributed by atoms with Crippen molar-refractivity contribution in [1.29, 1.82) is 0 Å². The maximum Gasteiger partial charge on any atom is 1.00 e. The van der Waals surface area contributed by atoms with Crippen LogP contribution in [0.3, 0.4) is 0 Å². The standard InChI is InChI=1S/C5H3Cl2NS.Na.H/c6-3-1-8-2-4(7)5(3)9;;/h1-2H,(H,8,9);;/q;+1;-1. The largest absolute Gasteiger partial charge is 1.00 e. The normalized spacial score (nSPS) is 8.60. The van der Waals surface area contributed by atoms with Gasteiger partial charge in [0, 0.05) is 12.4 Å². The van der Waals surface area contributed by atoms with Crippen LogP contribution in [0, 0.1) is 4.51 Å². The summed E-state index contributed by atoms with van der Waals surface area (Å²) in [5.41, 5.74) is 0. The zero-order valence-corrected chi connectivity index (χ0v) is 9.65. The van der Waals surface area contributed by atoms with Crippen LogP contribution < -0.4 is 29.6 Å². The first kappa shape index (κ1) is 11.0. The van der Waals surface area contributed by atoms with Crippen molar-refractivity contribution in [3.63, 3.8) is 0 Å². The maximum absolute atomic E-state index is 5.59. The van der Waals surface area contributed by atoms with E-state index in [0.29, 0.717) is 14.6 Å². The summed E-state index contributed by atoms with van der Waals surface area (Å²) in [6.45, 7) is 0. The molecular weight excluding hydrogens is 200 g/mol. The third kappa shape index (κ3) is 2.53. The van der Waals surface area contributed by atoms with Crippen LogP contribution in [0.25, 0.3) is 0 Å².